The van der Waals surface area contributed by atoms with Gasteiger partial charge in [-0.05, 0) is 34.4 Å². The Morgan fingerprint density at radius 2 is 1.59 bits per heavy atom. The third-order valence-electron chi connectivity index (χ3n) is 5.00. The number of primary amides is 1. The molecule has 4 aromatic rings. The summed E-state index contributed by atoms with van der Waals surface area (Å²) < 4.78 is 0. The lowest BCUT2D eigenvalue weighted by Crippen LogP contribution is -2.12. The molecule has 0 aliphatic rings. The first-order valence-electron chi connectivity index (χ1n) is 10.6. The highest BCUT2D eigenvalue weighted by Gasteiger charge is 2.10. The molecule has 0 bridgehead atoms. The number of rotatable bonds is 6. The Hall–Kier alpha value is -4.60. The summed E-state index contributed by atoms with van der Waals surface area (Å²) in [6.45, 7) is 0. The maximum Gasteiger partial charge on any atom is 0.250 e. The van der Waals surface area contributed by atoms with Crippen LogP contribution in [0, 0.1) is 11.3 Å². The first kappa shape index (κ1) is 24.1. The molecule has 1 amide bonds. The second-order valence-electron chi connectivity index (χ2n) is 7.35. The molecule has 2 heterocycles. The van der Waals surface area contributed by atoms with Crippen molar-refractivity contribution in [3.8, 4) is 6.07 Å². The minimum atomic E-state index is -0.592. The fourth-order valence-corrected chi connectivity index (χ4v) is 3.21. The van der Waals surface area contributed by atoms with Crippen LogP contribution in [0.25, 0.3) is 12.2 Å². The highest BCUT2D eigenvalue weighted by molar-refractivity contribution is 5.97. The van der Waals surface area contributed by atoms with Crippen molar-refractivity contribution in [1.29, 1.82) is 5.26 Å². The number of aromatic nitrogens is 2. The van der Waals surface area contributed by atoms with Gasteiger partial charge in [0.1, 0.15) is 6.07 Å². The molecule has 2 aromatic carbocycles. The summed E-state index contributed by atoms with van der Waals surface area (Å²) in [6.07, 6.45) is 9.89. The van der Waals surface area contributed by atoms with E-state index in [4.69, 9.17) is 11.0 Å². The predicted molar refractivity (Wildman–Crippen MR) is 132 cm³/mol. The third kappa shape index (κ3) is 6.95. The number of aliphatic hydroxyl groups excluding tert-OH is 1. The van der Waals surface area contributed by atoms with E-state index in [1.54, 1.807) is 24.5 Å². The van der Waals surface area contributed by atoms with Crippen LogP contribution in [0.2, 0.25) is 0 Å². The minimum Gasteiger partial charge on any atom is -0.388 e. The molecule has 3 N–H and O–H groups in total. The number of nitrogens with zero attached hydrogens (tertiary/aromatic N) is 3. The topological polar surface area (TPSA) is 113 Å². The van der Waals surface area contributed by atoms with Gasteiger partial charge in [0, 0.05) is 31.2 Å². The second-order valence-corrected chi connectivity index (χ2v) is 7.35. The van der Waals surface area contributed by atoms with Gasteiger partial charge in [-0.1, -0.05) is 72.8 Å². The zero-order valence-corrected chi connectivity index (χ0v) is 18.5. The number of amides is 1. The van der Waals surface area contributed by atoms with E-state index in [0.29, 0.717) is 17.5 Å². The highest BCUT2D eigenvalue weighted by Crippen LogP contribution is 2.19. The number of pyridine rings is 2. The Morgan fingerprint density at radius 1 is 0.941 bits per heavy atom. The molecule has 1 unspecified atom stereocenters. The van der Waals surface area contributed by atoms with E-state index in [1.807, 2.05) is 72.8 Å². The Morgan fingerprint density at radius 3 is 2.26 bits per heavy atom. The molecule has 1 atom stereocenters. The maximum absolute atomic E-state index is 11.2. The van der Waals surface area contributed by atoms with Gasteiger partial charge >= 0.3 is 0 Å². The van der Waals surface area contributed by atoms with E-state index in [2.05, 4.69) is 16.0 Å². The molecule has 0 saturated carbocycles. The molecular formula is C28H24N4O2. The fourth-order valence-electron chi connectivity index (χ4n) is 3.21. The van der Waals surface area contributed by atoms with Gasteiger partial charge in [0.25, 0.3) is 5.91 Å². The largest absolute Gasteiger partial charge is 0.388 e. The Labute approximate surface area is 198 Å². The molecule has 4 rings (SSSR count). The van der Waals surface area contributed by atoms with Crippen molar-refractivity contribution in [3.05, 3.63) is 131 Å². The van der Waals surface area contributed by atoms with Crippen LogP contribution in [0.5, 0.6) is 0 Å². The van der Waals surface area contributed by atoms with E-state index >= 15 is 0 Å². The molecule has 34 heavy (non-hydrogen) atoms. The van der Waals surface area contributed by atoms with Crippen molar-refractivity contribution in [2.45, 2.75) is 12.5 Å². The summed E-state index contributed by atoms with van der Waals surface area (Å²) >= 11 is 0. The van der Waals surface area contributed by atoms with Crippen LogP contribution >= 0.6 is 0 Å². The van der Waals surface area contributed by atoms with Gasteiger partial charge in [-0.2, -0.15) is 5.26 Å². The van der Waals surface area contributed by atoms with E-state index in [0.717, 1.165) is 22.3 Å². The summed E-state index contributed by atoms with van der Waals surface area (Å²) in [5.74, 6) is -0.467. The van der Waals surface area contributed by atoms with Gasteiger partial charge < -0.3 is 10.8 Å². The van der Waals surface area contributed by atoms with Gasteiger partial charge in [-0.3, -0.25) is 14.8 Å². The van der Waals surface area contributed by atoms with E-state index in [1.165, 1.54) is 12.4 Å². The van der Waals surface area contributed by atoms with Crippen LogP contribution in [0.3, 0.4) is 0 Å². The monoisotopic (exact) mass is 448 g/mol. The second kappa shape index (κ2) is 12.4. The summed E-state index contributed by atoms with van der Waals surface area (Å²) in [5, 5.41) is 19.0. The molecule has 0 aliphatic carbocycles. The predicted octanol–water partition coefficient (Wildman–Crippen LogP) is 4.58. The van der Waals surface area contributed by atoms with Crippen molar-refractivity contribution in [2.75, 3.05) is 0 Å². The molecule has 168 valence electrons. The lowest BCUT2D eigenvalue weighted by molar-refractivity contribution is 0.0999. The van der Waals surface area contributed by atoms with Crippen LogP contribution in [0.1, 0.15) is 44.3 Å². The van der Waals surface area contributed by atoms with Crippen molar-refractivity contribution in [3.63, 3.8) is 0 Å². The average Bonchev–Trinajstić information content (AvgIpc) is 2.89. The number of nitriles is 1. The zero-order valence-electron chi connectivity index (χ0n) is 18.5. The molecule has 6 nitrogen and oxygen atoms in total. The number of nitrogens with two attached hydrogens (primary N) is 1. The van der Waals surface area contributed by atoms with Crippen molar-refractivity contribution in [1.82, 2.24) is 9.97 Å². The molecule has 0 fully saturated rings. The first-order chi connectivity index (χ1) is 16.6. The lowest BCUT2D eigenvalue weighted by Gasteiger charge is -2.11. The summed E-state index contributed by atoms with van der Waals surface area (Å²) in [4.78, 5) is 19.0. The number of hydrogen-bond acceptors (Lipinski definition) is 5. The summed E-state index contributed by atoms with van der Waals surface area (Å²) in [5.41, 5.74) is 9.73. The summed E-state index contributed by atoms with van der Waals surface area (Å²) in [7, 11) is 0. The molecule has 0 saturated heterocycles. The number of benzene rings is 2. The van der Waals surface area contributed by atoms with E-state index in [9.17, 15) is 9.90 Å². The van der Waals surface area contributed by atoms with Crippen LogP contribution in [-0.4, -0.2) is 21.0 Å². The lowest BCUT2D eigenvalue weighted by atomic mass is 9.99. The Kier molecular flexibility index (Phi) is 8.80. The highest BCUT2D eigenvalue weighted by atomic mass is 16.3. The van der Waals surface area contributed by atoms with Gasteiger partial charge in [0.05, 0.1) is 17.2 Å². The molecule has 2 aromatic heterocycles. The number of carbonyl (C=O) groups excluding carboxylic acids is 1. The van der Waals surface area contributed by atoms with Crippen molar-refractivity contribution >= 4 is 18.1 Å². The Balaban J connectivity index is 0.000000191. The standard InChI is InChI=1S/2C14H12N2O/c15-9-13-10-16-7-6-12(13)8-14(17)11-4-2-1-3-5-11;15-14(17)13-10-16-9-8-12(13)7-6-11-4-2-1-3-5-11/h1-7,10,14,17H,8H2;1-10H,(H2,15,17). The van der Waals surface area contributed by atoms with Crippen LogP contribution in [0.15, 0.2) is 97.6 Å². The van der Waals surface area contributed by atoms with Gasteiger partial charge in [0.2, 0.25) is 0 Å². The smallest absolute Gasteiger partial charge is 0.250 e. The number of hydrogen-bond donors (Lipinski definition) is 2. The molecular weight excluding hydrogens is 424 g/mol. The SMILES string of the molecule is N#Cc1cnccc1CC(O)c1ccccc1.NC(=O)c1cnccc1C=Cc1ccccc1. The fraction of sp³-hybridized carbons (Fsp3) is 0.0714. The van der Waals surface area contributed by atoms with Gasteiger partial charge in [0.15, 0.2) is 0 Å². The van der Waals surface area contributed by atoms with Crippen molar-refractivity contribution < 1.29 is 9.90 Å². The molecule has 0 aliphatic heterocycles. The first-order valence-corrected chi connectivity index (χ1v) is 10.6. The van der Waals surface area contributed by atoms with Crippen LogP contribution in [-0.2, 0) is 6.42 Å². The number of carbonyl (C=O) groups is 1. The van der Waals surface area contributed by atoms with Crippen LogP contribution in [0.4, 0.5) is 0 Å². The molecule has 0 radical (unpaired) electrons. The third-order valence-corrected chi connectivity index (χ3v) is 5.00. The quantitative estimate of drug-likeness (QED) is 0.448. The van der Waals surface area contributed by atoms with Gasteiger partial charge in [-0.15, -0.1) is 0 Å². The molecule has 6 heteroatoms. The minimum absolute atomic E-state index is 0.426. The normalized spacial score (nSPS) is 11.2. The zero-order chi connectivity index (χ0) is 24.2. The summed E-state index contributed by atoms with van der Waals surface area (Å²) in [6, 6.07) is 24.9. The van der Waals surface area contributed by atoms with E-state index in [-0.39, 0.29) is 0 Å². The van der Waals surface area contributed by atoms with Crippen LogP contribution < -0.4 is 5.73 Å². The number of aliphatic hydroxyl groups is 1. The van der Waals surface area contributed by atoms with Gasteiger partial charge in [-0.25, -0.2) is 0 Å². The van der Waals surface area contributed by atoms with Crippen molar-refractivity contribution in [2.24, 2.45) is 5.73 Å². The Bertz CT molecular complexity index is 1280. The average molecular weight is 449 g/mol. The van der Waals surface area contributed by atoms with E-state index < -0.39 is 12.0 Å². The maximum atomic E-state index is 11.2. The molecule has 0 spiro atoms.